The number of urea groups is 4. The van der Waals surface area contributed by atoms with E-state index in [1.807, 2.05) is 25.1 Å². The van der Waals surface area contributed by atoms with E-state index in [1.165, 1.54) is 94.1 Å². The maximum Gasteiger partial charge on any atom is 0.322 e. The highest BCUT2D eigenvalue weighted by molar-refractivity contribution is 6.30. The number of hydrogen-bond donors (Lipinski definition) is 8. The Hall–Kier alpha value is -12.8. The molecule has 578 valence electrons. The summed E-state index contributed by atoms with van der Waals surface area (Å²) in [6.45, 7) is 13.0. The van der Waals surface area contributed by atoms with Gasteiger partial charge in [0.2, 0.25) is 0 Å². The molecule has 4 heterocycles. The summed E-state index contributed by atoms with van der Waals surface area (Å²) >= 11 is 5.91. The number of hydrogen-bond acceptors (Lipinski definition) is 8. The van der Waals surface area contributed by atoms with Crippen molar-refractivity contribution in [2.45, 2.75) is 72.6 Å². The van der Waals surface area contributed by atoms with Gasteiger partial charge in [-0.25, -0.2) is 67.5 Å². The smallest absolute Gasteiger partial charge is 0.322 e. The molecule has 4 atom stereocenters. The first kappa shape index (κ1) is 82.3. The zero-order valence-corrected chi connectivity index (χ0v) is 60.9. The second-order valence-corrected chi connectivity index (χ2v) is 25.3. The van der Waals surface area contributed by atoms with Gasteiger partial charge >= 0.3 is 24.1 Å². The summed E-state index contributed by atoms with van der Waals surface area (Å²) in [5, 5.41) is 10.5. The van der Waals surface area contributed by atoms with Crippen LogP contribution in [-0.2, 0) is 0 Å². The number of amides is 8. The molecular formula is C79H70ClF11N12O8. The highest BCUT2D eigenvalue weighted by Gasteiger charge is 2.29. The van der Waals surface area contributed by atoms with Crippen LogP contribution in [0.5, 0.6) is 0 Å². The lowest BCUT2D eigenvalue weighted by molar-refractivity contribution is 0.196. The van der Waals surface area contributed by atoms with Crippen molar-refractivity contribution in [1.82, 2.24) is 39.5 Å². The van der Waals surface area contributed by atoms with E-state index in [-0.39, 0.29) is 56.0 Å². The zero-order chi connectivity index (χ0) is 81.0. The lowest BCUT2D eigenvalue weighted by atomic mass is 10.0. The largest absolute Gasteiger partial charge is 0.328 e. The highest BCUT2D eigenvalue weighted by Crippen LogP contribution is 2.34. The molecule has 12 rings (SSSR count). The van der Waals surface area contributed by atoms with Crippen molar-refractivity contribution >= 4 is 102 Å². The third kappa shape index (κ3) is 18.5. The molecule has 0 aliphatic rings. The molecule has 8 amide bonds. The molecule has 8 N–H and O–H groups in total. The van der Waals surface area contributed by atoms with Gasteiger partial charge < -0.3 is 60.8 Å². The fraction of sp³-hybridized carbons (Fsp3) is 0.190. The summed E-state index contributed by atoms with van der Waals surface area (Å²) in [6, 6.07) is 28.9. The Morgan fingerprint density at radius 1 is 0.351 bits per heavy atom. The molecule has 0 radical (unpaired) electrons. The number of anilines is 4. The first-order valence-corrected chi connectivity index (χ1v) is 34.4. The third-order valence-corrected chi connectivity index (χ3v) is 18.5. The van der Waals surface area contributed by atoms with Gasteiger partial charge in [0, 0.05) is 85.3 Å². The Bertz CT molecular complexity index is 5740. The standard InChI is InChI=1S/C20H17F4N3O2.C20H18F3N3O2.C20H19F2N3O2.C19H16ClF2N3O2/c1-3-27(20(29)26-11-4-6-14(21)16(23)8-11)10(2)13-9-25-19(28)17-12(13)5-7-15(22)18(17)24;1-3-26(20(28)25-13-6-4-12(21)5-7-13)11(2)15-10-24-19(27)17-14(15)8-9-16(22)18(17)23;1-3-25(20(27)24-13-7-5-4-6-8-13)12(2)15-11-23-19(26)17-14(15)9-10-16(21)18(17)22;1-10(25(2)19(27)24-12-5-3-4-11(20)8-12)14-9-23-18(26)16-13(14)6-7-15(21)17(16)22/h4-10H,3H2,1-2H3,(H,25,28)(H,26,29);4-11H,3H2,1-2H3,(H,24,27)(H,25,28);4-12H,3H2,1-2H3,(H,23,26)(H,24,27);3-10H,1-2H3,(H,23,26)(H,24,27). The van der Waals surface area contributed by atoms with E-state index in [2.05, 4.69) is 41.2 Å². The third-order valence-electron chi connectivity index (χ3n) is 18.2. The summed E-state index contributed by atoms with van der Waals surface area (Å²) in [4.78, 5) is 114. The molecule has 0 bridgehead atoms. The lowest BCUT2D eigenvalue weighted by Crippen LogP contribution is -2.37. The van der Waals surface area contributed by atoms with Gasteiger partial charge in [0.15, 0.2) is 58.2 Å². The number of carbonyl (C=O) groups is 4. The fourth-order valence-electron chi connectivity index (χ4n) is 12.3. The number of carbonyl (C=O) groups excluding carboxylic acids is 4. The summed E-state index contributed by atoms with van der Waals surface area (Å²) in [6.07, 6.45) is 5.56. The number of nitrogens with zero attached hydrogens (tertiary/aromatic N) is 4. The Morgan fingerprint density at radius 2 is 0.649 bits per heavy atom. The van der Waals surface area contributed by atoms with E-state index in [0.29, 0.717) is 57.4 Å². The first-order chi connectivity index (χ1) is 52.8. The van der Waals surface area contributed by atoms with Crippen LogP contribution in [0.3, 0.4) is 0 Å². The van der Waals surface area contributed by atoms with Crippen LogP contribution in [0.25, 0.3) is 43.1 Å². The van der Waals surface area contributed by atoms with Crippen molar-refractivity contribution in [1.29, 1.82) is 0 Å². The van der Waals surface area contributed by atoms with Crippen molar-refractivity contribution in [2.24, 2.45) is 0 Å². The molecule has 32 heteroatoms. The quantitative estimate of drug-likeness (QED) is 0.0457. The second kappa shape index (κ2) is 35.9. The maximum absolute atomic E-state index is 14.1. The van der Waals surface area contributed by atoms with Crippen LogP contribution in [0, 0.1) is 64.0 Å². The van der Waals surface area contributed by atoms with Crippen LogP contribution >= 0.6 is 11.6 Å². The van der Waals surface area contributed by atoms with Crippen LogP contribution in [0.2, 0.25) is 5.02 Å². The molecule has 4 aromatic heterocycles. The van der Waals surface area contributed by atoms with E-state index in [9.17, 15) is 86.7 Å². The Labute approximate surface area is 629 Å². The molecule has 0 fully saturated rings. The number of aromatic amines is 4. The number of H-pyrrole nitrogens is 4. The molecule has 8 aromatic carbocycles. The number of pyridine rings is 4. The van der Waals surface area contributed by atoms with E-state index in [0.717, 1.165) is 36.4 Å². The van der Waals surface area contributed by atoms with Crippen LogP contribution in [0.15, 0.2) is 190 Å². The lowest BCUT2D eigenvalue weighted by Gasteiger charge is -2.29. The van der Waals surface area contributed by atoms with E-state index in [4.69, 9.17) is 11.6 Å². The molecule has 0 aliphatic carbocycles. The molecular weight excluding hydrogens is 1490 g/mol. The zero-order valence-electron chi connectivity index (χ0n) is 60.2. The van der Waals surface area contributed by atoms with Crippen molar-refractivity contribution in [3.63, 3.8) is 0 Å². The van der Waals surface area contributed by atoms with Gasteiger partial charge in [-0.3, -0.25) is 19.2 Å². The number of para-hydroxylation sites is 1. The van der Waals surface area contributed by atoms with E-state index in [1.54, 1.807) is 89.9 Å². The number of halogens is 12. The average molecular weight is 1560 g/mol. The topological polar surface area (TPSA) is 261 Å². The van der Waals surface area contributed by atoms with Crippen LogP contribution in [-0.4, -0.2) is 90.3 Å². The van der Waals surface area contributed by atoms with Gasteiger partial charge in [-0.15, -0.1) is 0 Å². The molecule has 0 spiro atoms. The molecule has 0 saturated carbocycles. The van der Waals surface area contributed by atoms with E-state index < -0.39 is 134 Å². The predicted octanol–water partition coefficient (Wildman–Crippen LogP) is 18.4. The minimum Gasteiger partial charge on any atom is -0.328 e. The van der Waals surface area contributed by atoms with E-state index >= 15 is 0 Å². The Kier molecular flexibility index (Phi) is 26.6. The normalized spacial score (nSPS) is 12.0. The van der Waals surface area contributed by atoms with Gasteiger partial charge in [0.25, 0.3) is 22.2 Å². The van der Waals surface area contributed by atoms with Crippen molar-refractivity contribution in [3.8, 4) is 0 Å². The second-order valence-electron chi connectivity index (χ2n) is 24.8. The van der Waals surface area contributed by atoms with Crippen LogP contribution < -0.4 is 43.5 Å². The van der Waals surface area contributed by atoms with Crippen molar-refractivity contribution in [2.75, 3.05) is 47.9 Å². The fourth-order valence-corrected chi connectivity index (χ4v) is 12.5. The minimum atomic E-state index is -1.27. The van der Waals surface area contributed by atoms with Gasteiger partial charge in [-0.2, -0.15) is 0 Å². The Balaban J connectivity index is 0.000000170. The summed E-state index contributed by atoms with van der Waals surface area (Å²) in [7, 11) is 1.56. The summed E-state index contributed by atoms with van der Waals surface area (Å²) in [5.74, 6) is -12.0. The van der Waals surface area contributed by atoms with Crippen molar-refractivity contribution < 1.29 is 67.5 Å². The predicted molar refractivity (Wildman–Crippen MR) is 403 cm³/mol. The Morgan fingerprint density at radius 3 is 0.991 bits per heavy atom. The number of benzene rings is 8. The van der Waals surface area contributed by atoms with Gasteiger partial charge in [0.05, 0.1) is 45.7 Å². The molecule has 4 unspecified atom stereocenters. The van der Waals surface area contributed by atoms with Crippen LogP contribution in [0.1, 0.15) is 94.9 Å². The van der Waals surface area contributed by atoms with Gasteiger partial charge in [0.1, 0.15) is 5.82 Å². The minimum absolute atomic E-state index is 0.0546. The first-order valence-electron chi connectivity index (χ1n) is 34.1. The molecule has 0 aliphatic heterocycles. The molecule has 12 aromatic rings. The maximum atomic E-state index is 14.1. The van der Waals surface area contributed by atoms with Gasteiger partial charge in [-0.05, 0) is 183 Å². The monoisotopic (exact) mass is 1560 g/mol. The van der Waals surface area contributed by atoms with Crippen molar-refractivity contribution in [3.05, 3.63) is 303 Å². The summed E-state index contributed by atoms with van der Waals surface area (Å²) < 4.78 is 150. The number of rotatable bonds is 15. The number of nitrogens with one attached hydrogen (secondary N) is 8. The van der Waals surface area contributed by atoms with Crippen LogP contribution in [0.4, 0.5) is 90.2 Å². The highest BCUT2D eigenvalue weighted by atomic mass is 35.5. The van der Waals surface area contributed by atoms with Gasteiger partial charge in [-0.1, -0.05) is 60.1 Å². The summed E-state index contributed by atoms with van der Waals surface area (Å²) in [5.41, 5.74) is 0.503. The number of aromatic nitrogens is 4. The SMILES string of the molecule is CC(c1c[nH]c(=O)c2c(F)c(F)ccc12)N(C)C(=O)Nc1cccc(Cl)c1.CCN(C(=O)Nc1ccc(F)c(F)c1)C(C)c1c[nH]c(=O)c2c(F)c(F)ccc12.CCN(C(=O)Nc1ccc(F)cc1)C(C)c1c[nH]c(=O)c2c(F)c(F)ccc12.CCN(C(=O)Nc1ccccc1)C(C)c1c[nH]c(=O)c2c(F)c(F)ccc12. The number of fused-ring (bicyclic) bond motifs is 4. The molecule has 20 nitrogen and oxygen atoms in total. The molecule has 111 heavy (non-hydrogen) atoms. The average Bonchev–Trinajstić information content (AvgIpc) is 0.788. The molecule has 0 saturated heterocycles.